The summed E-state index contributed by atoms with van der Waals surface area (Å²) in [5.41, 5.74) is 0.805. The summed E-state index contributed by atoms with van der Waals surface area (Å²) in [5.74, 6) is 0.303. The molecule has 0 saturated carbocycles. The van der Waals surface area contributed by atoms with Crippen LogP contribution in [-0.2, 0) is 15.9 Å². The Labute approximate surface area is 140 Å². The van der Waals surface area contributed by atoms with Gasteiger partial charge >= 0.3 is 0 Å². The van der Waals surface area contributed by atoms with Crippen LogP contribution in [0.25, 0.3) is 0 Å². The molecular formula is C14H20BrClN2O2S. The number of hydrogen-bond acceptors (Lipinski definition) is 3. The Morgan fingerprint density at radius 1 is 1.24 bits per heavy atom. The SMILES string of the molecule is CC(C)N1CCN(S(=O)(=O)c2cc(CCl)ccc2Br)CC1. The molecule has 118 valence electrons. The number of benzene rings is 1. The Bertz CT molecular complexity index is 599. The van der Waals surface area contributed by atoms with Crippen molar-refractivity contribution in [1.82, 2.24) is 9.21 Å². The lowest BCUT2D eigenvalue weighted by Gasteiger charge is -2.36. The lowest BCUT2D eigenvalue weighted by Crippen LogP contribution is -2.50. The van der Waals surface area contributed by atoms with Gasteiger partial charge in [0.25, 0.3) is 0 Å². The minimum atomic E-state index is -3.47. The molecule has 0 amide bonds. The van der Waals surface area contributed by atoms with Gasteiger partial charge in [0.15, 0.2) is 0 Å². The molecule has 1 fully saturated rings. The van der Waals surface area contributed by atoms with Gasteiger partial charge < -0.3 is 0 Å². The zero-order valence-electron chi connectivity index (χ0n) is 12.2. The average Bonchev–Trinajstić information content (AvgIpc) is 2.47. The summed E-state index contributed by atoms with van der Waals surface area (Å²) in [5, 5.41) is 0. The minimum Gasteiger partial charge on any atom is -0.298 e. The van der Waals surface area contributed by atoms with Crippen LogP contribution in [0.3, 0.4) is 0 Å². The van der Waals surface area contributed by atoms with Gasteiger partial charge in [0.05, 0.1) is 4.90 Å². The van der Waals surface area contributed by atoms with Crippen LogP contribution < -0.4 is 0 Å². The van der Waals surface area contributed by atoms with Crippen LogP contribution in [0.4, 0.5) is 0 Å². The van der Waals surface area contributed by atoms with Crippen molar-refractivity contribution in [2.75, 3.05) is 26.2 Å². The third kappa shape index (κ3) is 3.79. The maximum absolute atomic E-state index is 12.8. The molecule has 4 nitrogen and oxygen atoms in total. The van der Waals surface area contributed by atoms with Crippen molar-refractivity contribution in [3.05, 3.63) is 28.2 Å². The molecule has 0 N–H and O–H groups in total. The Morgan fingerprint density at radius 2 is 1.86 bits per heavy atom. The van der Waals surface area contributed by atoms with Gasteiger partial charge in [-0.2, -0.15) is 4.31 Å². The Balaban J connectivity index is 2.23. The highest BCUT2D eigenvalue weighted by atomic mass is 79.9. The third-order valence-corrected chi connectivity index (χ3v) is 6.97. The van der Waals surface area contributed by atoms with Crippen LogP contribution in [0, 0.1) is 0 Å². The van der Waals surface area contributed by atoms with Crippen LogP contribution in [0.2, 0.25) is 0 Å². The fourth-order valence-corrected chi connectivity index (χ4v) is 4.99. The fourth-order valence-electron chi connectivity index (χ4n) is 2.43. The number of halogens is 2. The zero-order valence-corrected chi connectivity index (χ0v) is 15.4. The largest absolute Gasteiger partial charge is 0.298 e. The minimum absolute atomic E-state index is 0.303. The Morgan fingerprint density at radius 3 is 2.38 bits per heavy atom. The van der Waals surface area contributed by atoms with Crippen molar-refractivity contribution >= 4 is 37.6 Å². The molecule has 1 aromatic rings. The molecule has 0 spiro atoms. The lowest BCUT2D eigenvalue weighted by atomic mass is 10.2. The summed E-state index contributed by atoms with van der Waals surface area (Å²) < 4.78 is 27.7. The molecule has 1 aromatic carbocycles. The highest BCUT2D eigenvalue weighted by molar-refractivity contribution is 9.10. The van der Waals surface area contributed by atoms with E-state index in [4.69, 9.17) is 11.6 Å². The zero-order chi connectivity index (χ0) is 15.6. The maximum Gasteiger partial charge on any atom is 0.244 e. The monoisotopic (exact) mass is 394 g/mol. The van der Waals surface area contributed by atoms with E-state index < -0.39 is 10.0 Å². The highest BCUT2D eigenvalue weighted by Gasteiger charge is 2.30. The van der Waals surface area contributed by atoms with Gasteiger partial charge in [-0.1, -0.05) is 6.07 Å². The predicted molar refractivity (Wildman–Crippen MR) is 89.2 cm³/mol. The molecule has 1 heterocycles. The summed E-state index contributed by atoms with van der Waals surface area (Å²) in [6.07, 6.45) is 0. The van der Waals surface area contributed by atoms with Crippen molar-refractivity contribution in [2.45, 2.75) is 30.7 Å². The van der Waals surface area contributed by atoms with E-state index in [0.717, 1.165) is 18.7 Å². The summed E-state index contributed by atoms with van der Waals surface area (Å²) in [4.78, 5) is 2.59. The van der Waals surface area contributed by atoms with Crippen LogP contribution in [-0.4, -0.2) is 49.8 Å². The van der Waals surface area contributed by atoms with Crippen molar-refractivity contribution in [3.8, 4) is 0 Å². The Kier molecular flexibility index (Phi) is 5.71. The molecule has 0 unspecified atom stereocenters. The van der Waals surface area contributed by atoms with E-state index in [9.17, 15) is 8.42 Å². The predicted octanol–water partition coefficient (Wildman–Crippen LogP) is 2.90. The van der Waals surface area contributed by atoms with Gasteiger partial charge in [-0.25, -0.2) is 8.42 Å². The molecule has 0 aliphatic carbocycles. The van der Waals surface area contributed by atoms with Crippen molar-refractivity contribution in [1.29, 1.82) is 0 Å². The van der Waals surface area contributed by atoms with Gasteiger partial charge in [-0.3, -0.25) is 4.90 Å². The molecule has 21 heavy (non-hydrogen) atoms. The number of rotatable bonds is 4. The first-order valence-electron chi connectivity index (χ1n) is 6.95. The number of nitrogens with zero attached hydrogens (tertiary/aromatic N) is 2. The van der Waals surface area contributed by atoms with Crippen molar-refractivity contribution in [2.24, 2.45) is 0 Å². The van der Waals surface area contributed by atoms with Gasteiger partial charge in [0.1, 0.15) is 0 Å². The fraction of sp³-hybridized carbons (Fsp3) is 0.571. The molecule has 0 bridgehead atoms. The number of piperazine rings is 1. The van der Waals surface area contributed by atoms with Crippen molar-refractivity contribution < 1.29 is 8.42 Å². The van der Waals surface area contributed by atoms with Crippen LogP contribution in [0.15, 0.2) is 27.6 Å². The summed E-state index contributed by atoms with van der Waals surface area (Å²) in [7, 11) is -3.47. The second-order valence-corrected chi connectivity index (χ2v) is 8.46. The van der Waals surface area contributed by atoms with Gasteiger partial charge in [0, 0.05) is 42.6 Å². The smallest absolute Gasteiger partial charge is 0.244 e. The normalized spacial score (nSPS) is 18.3. The number of sulfonamides is 1. The van der Waals surface area contributed by atoms with Crippen molar-refractivity contribution in [3.63, 3.8) is 0 Å². The number of hydrogen-bond donors (Lipinski definition) is 0. The first-order chi connectivity index (χ1) is 9.86. The van der Waals surface area contributed by atoms with Crippen LogP contribution in [0.1, 0.15) is 19.4 Å². The van der Waals surface area contributed by atoms with Gasteiger partial charge in [-0.05, 0) is 47.5 Å². The summed E-state index contributed by atoms with van der Waals surface area (Å²) >= 11 is 9.15. The van der Waals surface area contributed by atoms with Crippen LogP contribution >= 0.6 is 27.5 Å². The Hall–Kier alpha value is -0.140. The molecule has 2 rings (SSSR count). The first-order valence-corrected chi connectivity index (χ1v) is 9.71. The maximum atomic E-state index is 12.8. The van der Waals surface area contributed by atoms with Crippen LogP contribution in [0.5, 0.6) is 0 Å². The molecule has 7 heteroatoms. The topological polar surface area (TPSA) is 40.6 Å². The number of alkyl halides is 1. The third-order valence-electron chi connectivity index (χ3n) is 3.77. The van der Waals surface area contributed by atoms with E-state index in [0.29, 0.717) is 34.4 Å². The molecule has 0 atom stereocenters. The standard InChI is InChI=1S/C14H20BrClN2O2S/c1-11(2)17-5-7-18(8-6-17)21(19,20)14-9-12(10-16)3-4-13(14)15/h3-4,9,11H,5-8,10H2,1-2H3. The van der Waals surface area contributed by atoms with Gasteiger partial charge in [-0.15, -0.1) is 11.6 Å². The van der Waals surface area contributed by atoms with E-state index in [1.165, 1.54) is 0 Å². The summed E-state index contributed by atoms with van der Waals surface area (Å²) in [6.45, 7) is 6.85. The molecule has 0 aromatic heterocycles. The van der Waals surface area contributed by atoms with E-state index in [1.54, 1.807) is 16.4 Å². The summed E-state index contributed by atoms with van der Waals surface area (Å²) in [6, 6.07) is 5.67. The quantitative estimate of drug-likeness (QED) is 0.736. The second kappa shape index (κ2) is 6.96. The average molecular weight is 396 g/mol. The van der Waals surface area contributed by atoms with E-state index in [-0.39, 0.29) is 0 Å². The van der Waals surface area contributed by atoms with E-state index in [2.05, 4.69) is 34.7 Å². The highest BCUT2D eigenvalue weighted by Crippen LogP contribution is 2.27. The van der Waals surface area contributed by atoms with E-state index >= 15 is 0 Å². The second-order valence-electron chi connectivity index (χ2n) is 5.43. The van der Waals surface area contributed by atoms with Gasteiger partial charge in [0.2, 0.25) is 10.0 Å². The molecule has 0 radical (unpaired) electrons. The van der Waals surface area contributed by atoms with E-state index in [1.807, 2.05) is 6.07 Å². The lowest BCUT2D eigenvalue weighted by molar-refractivity contribution is 0.154. The first kappa shape index (κ1) is 17.2. The molecule has 1 saturated heterocycles. The molecule has 1 aliphatic rings. The molecular weight excluding hydrogens is 376 g/mol. The molecule has 1 aliphatic heterocycles.